The Bertz CT molecular complexity index is 1510. The van der Waals surface area contributed by atoms with Crippen molar-refractivity contribution in [1.29, 1.82) is 0 Å². The average molecular weight is 487 g/mol. The van der Waals surface area contributed by atoms with Crippen molar-refractivity contribution in [1.82, 2.24) is 9.97 Å². The number of hydrogen-bond acceptors (Lipinski definition) is 8. The quantitative estimate of drug-likeness (QED) is 0.141. The number of amides is 1. The van der Waals surface area contributed by atoms with Gasteiger partial charge < -0.3 is 5.11 Å². The summed E-state index contributed by atoms with van der Waals surface area (Å²) < 4.78 is 0.492. The van der Waals surface area contributed by atoms with E-state index in [1.807, 2.05) is 19.1 Å². The maximum Gasteiger partial charge on any atom is 0.301 e. The third-order valence-electron chi connectivity index (χ3n) is 5.83. The summed E-state index contributed by atoms with van der Waals surface area (Å²) in [5.74, 6) is -2.02. The Morgan fingerprint density at radius 2 is 1.91 bits per heavy atom. The van der Waals surface area contributed by atoms with E-state index >= 15 is 0 Å². The topological polar surface area (TPSA) is 127 Å². The van der Waals surface area contributed by atoms with E-state index in [9.17, 15) is 24.8 Å². The second kappa shape index (κ2) is 8.73. The van der Waals surface area contributed by atoms with Crippen LogP contribution in [0.4, 0.5) is 10.8 Å². The van der Waals surface area contributed by atoms with E-state index in [4.69, 9.17) is 0 Å². The number of nitrogens with zero attached hydrogens (tertiary/aromatic N) is 4. The zero-order valence-electron chi connectivity index (χ0n) is 18.4. The van der Waals surface area contributed by atoms with Crippen LogP contribution in [0.3, 0.4) is 0 Å². The smallest absolute Gasteiger partial charge is 0.301 e. The molecule has 3 heterocycles. The minimum Gasteiger partial charge on any atom is -0.507 e. The van der Waals surface area contributed by atoms with Crippen molar-refractivity contribution in [3.63, 3.8) is 0 Å². The Kier molecular flexibility index (Phi) is 5.58. The molecule has 2 aromatic carbocycles. The van der Waals surface area contributed by atoms with Gasteiger partial charge in [0.2, 0.25) is 0 Å². The normalized spacial score (nSPS) is 17.3. The highest BCUT2D eigenvalue weighted by atomic mass is 32.1. The fourth-order valence-corrected chi connectivity index (χ4v) is 5.04. The number of anilines is 1. The molecule has 5 rings (SSSR count). The Morgan fingerprint density at radius 3 is 2.57 bits per heavy atom. The van der Waals surface area contributed by atoms with Crippen LogP contribution in [0.1, 0.15) is 29.8 Å². The molecule has 0 bridgehead atoms. The maximum absolute atomic E-state index is 13.2. The molecule has 2 aromatic heterocycles. The average Bonchev–Trinajstić information content (AvgIpc) is 3.41. The molecular formula is C25H18N4O5S. The number of aliphatic hydroxyl groups excluding tert-OH is 1. The van der Waals surface area contributed by atoms with E-state index in [0.29, 0.717) is 21.5 Å². The number of thiazole rings is 1. The van der Waals surface area contributed by atoms with Gasteiger partial charge in [-0.1, -0.05) is 48.6 Å². The highest BCUT2D eigenvalue weighted by Crippen LogP contribution is 2.44. The van der Waals surface area contributed by atoms with E-state index < -0.39 is 22.7 Å². The highest BCUT2D eigenvalue weighted by Gasteiger charge is 2.48. The Morgan fingerprint density at radius 1 is 1.14 bits per heavy atom. The number of carbonyl (C=O) groups is 2. The molecule has 1 amide bonds. The Labute approximate surface area is 203 Å². The highest BCUT2D eigenvalue weighted by molar-refractivity contribution is 7.22. The van der Waals surface area contributed by atoms with E-state index in [1.54, 1.807) is 30.3 Å². The molecule has 35 heavy (non-hydrogen) atoms. The molecule has 1 N–H and O–H groups in total. The number of aryl methyl sites for hydroxylation is 1. The second-order valence-electron chi connectivity index (χ2n) is 7.88. The summed E-state index contributed by atoms with van der Waals surface area (Å²) in [6.45, 7) is 2.01. The van der Waals surface area contributed by atoms with Crippen LogP contribution in [0.5, 0.6) is 0 Å². The number of pyridine rings is 1. The van der Waals surface area contributed by atoms with Crippen LogP contribution >= 0.6 is 11.3 Å². The van der Waals surface area contributed by atoms with Gasteiger partial charge in [0.25, 0.3) is 11.5 Å². The molecule has 1 saturated heterocycles. The largest absolute Gasteiger partial charge is 0.507 e. The van der Waals surface area contributed by atoms with Crippen molar-refractivity contribution in [3.8, 4) is 0 Å². The summed E-state index contributed by atoms with van der Waals surface area (Å²) in [5.41, 5.74) is 2.10. The van der Waals surface area contributed by atoms with Crippen molar-refractivity contribution < 1.29 is 19.6 Å². The molecule has 0 saturated carbocycles. The number of benzene rings is 2. The maximum atomic E-state index is 13.2. The monoisotopic (exact) mass is 486 g/mol. The van der Waals surface area contributed by atoms with Gasteiger partial charge in [0, 0.05) is 23.9 Å². The molecule has 1 aliphatic rings. The molecule has 10 heteroatoms. The lowest BCUT2D eigenvalue weighted by Crippen LogP contribution is -2.29. The number of aliphatic hydroxyl groups is 1. The third-order valence-corrected chi connectivity index (χ3v) is 6.84. The first kappa shape index (κ1) is 22.4. The SMILES string of the molecule is CCc1ccc(/C(O)=C2\C(=O)C(=O)N(c3nc4ccc([N+](=O)[O-])cc4s3)C2c2ccccn2)cc1. The van der Waals surface area contributed by atoms with Gasteiger partial charge in [-0.25, -0.2) is 4.98 Å². The Hall–Kier alpha value is -4.44. The van der Waals surface area contributed by atoms with Gasteiger partial charge in [-0.05, 0) is 30.2 Å². The lowest BCUT2D eigenvalue weighted by molar-refractivity contribution is -0.384. The molecule has 1 aliphatic heterocycles. The summed E-state index contributed by atoms with van der Waals surface area (Å²) in [7, 11) is 0. The molecule has 0 aliphatic carbocycles. The van der Waals surface area contributed by atoms with Crippen LogP contribution in [0.15, 0.2) is 72.4 Å². The van der Waals surface area contributed by atoms with Crippen molar-refractivity contribution in [2.45, 2.75) is 19.4 Å². The van der Waals surface area contributed by atoms with Crippen LogP contribution < -0.4 is 4.90 Å². The fraction of sp³-hybridized carbons (Fsp3) is 0.120. The number of nitro groups is 1. The van der Waals surface area contributed by atoms with Gasteiger partial charge in [-0.15, -0.1) is 0 Å². The number of nitro benzene ring substituents is 1. The van der Waals surface area contributed by atoms with Crippen LogP contribution in [0.25, 0.3) is 16.0 Å². The molecule has 9 nitrogen and oxygen atoms in total. The predicted octanol–water partition coefficient (Wildman–Crippen LogP) is 4.79. The third kappa shape index (κ3) is 3.83. The summed E-state index contributed by atoms with van der Waals surface area (Å²) >= 11 is 1.05. The molecule has 1 unspecified atom stereocenters. The lowest BCUT2D eigenvalue weighted by atomic mass is 9.97. The molecule has 4 aromatic rings. The summed E-state index contributed by atoms with van der Waals surface area (Å²) in [6, 6.07) is 15.4. The van der Waals surface area contributed by atoms with Gasteiger partial charge in [-0.2, -0.15) is 0 Å². The van der Waals surface area contributed by atoms with Crippen LogP contribution in [-0.4, -0.2) is 31.7 Å². The lowest BCUT2D eigenvalue weighted by Gasteiger charge is -2.21. The molecular weight excluding hydrogens is 468 g/mol. The van der Waals surface area contributed by atoms with Crippen molar-refractivity contribution in [2.75, 3.05) is 4.90 Å². The van der Waals surface area contributed by atoms with E-state index in [-0.39, 0.29) is 22.2 Å². The molecule has 0 radical (unpaired) electrons. The van der Waals surface area contributed by atoms with Crippen molar-refractivity contribution >= 4 is 49.8 Å². The fourth-order valence-electron chi connectivity index (χ4n) is 4.02. The minimum absolute atomic E-state index is 0.0943. The van der Waals surface area contributed by atoms with Gasteiger partial charge in [0.15, 0.2) is 5.13 Å². The summed E-state index contributed by atoms with van der Waals surface area (Å²) in [6.07, 6.45) is 2.35. The molecule has 1 fully saturated rings. The first-order valence-electron chi connectivity index (χ1n) is 10.7. The van der Waals surface area contributed by atoms with Crippen LogP contribution in [-0.2, 0) is 16.0 Å². The first-order chi connectivity index (χ1) is 16.9. The Balaban J connectivity index is 1.69. The zero-order chi connectivity index (χ0) is 24.7. The number of aromatic nitrogens is 2. The zero-order valence-corrected chi connectivity index (χ0v) is 19.2. The molecule has 1 atom stereocenters. The van der Waals surface area contributed by atoms with Gasteiger partial charge >= 0.3 is 5.91 Å². The van der Waals surface area contributed by atoms with E-state index in [1.165, 1.54) is 29.3 Å². The summed E-state index contributed by atoms with van der Waals surface area (Å²) in [4.78, 5) is 47.1. The standard InChI is InChI=1S/C25H18N4O5S/c1-2-14-6-8-15(9-7-14)22(30)20-21(18-5-3-4-12-26-18)28(24(32)23(20)31)25-27-17-11-10-16(29(33)34)13-19(17)35-25/h3-13,21,30H,2H2,1H3/b22-20+. The van der Waals surface area contributed by atoms with Crippen LogP contribution in [0, 0.1) is 10.1 Å². The van der Waals surface area contributed by atoms with Gasteiger partial charge in [0.05, 0.1) is 26.4 Å². The summed E-state index contributed by atoms with van der Waals surface area (Å²) in [5, 5.41) is 22.5. The molecule has 0 spiro atoms. The predicted molar refractivity (Wildman–Crippen MR) is 131 cm³/mol. The number of rotatable bonds is 5. The van der Waals surface area contributed by atoms with Gasteiger partial charge in [0.1, 0.15) is 11.8 Å². The number of hydrogen-bond donors (Lipinski definition) is 1. The van der Waals surface area contributed by atoms with Crippen molar-refractivity contribution in [2.24, 2.45) is 0 Å². The number of Topliss-reactive ketones (excluding diaryl/α,β-unsaturated/α-hetero) is 1. The number of carbonyl (C=O) groups excluding carboxylic acids is 2. The molecule has 174 valence electrons. The number of non-ortho nitro benzene ring substituents is 1. The minimum atomic E-state index is -1.02. The number of fused-ring (bicyclic) bond motifs is 1. The number of ketones is 1. The van der Waals surface area contributed by atoms with Gasteiger partial charge in [-0.3, -0.25) is 29.6 Å². The van der Waals surface area contributed by atoms with Crippen LogP contribution in [0.2, 0.25) is 0 Å². The van der Waals surface area contributed by atoms with E-state index in [0.717, 1.165) is 23.3 Å². The van der Waals surface area contributed by atoms with E-state index in [2.05, 4.69) is 9.97 Å². The first-order valence-corrected chi connectivity index (χ1v) is 11.6. The second-order valence-corrected chi connectivity index (χ2v) is 8.89. The van der Waals surface area contributed by atoms with Crippen molar-refractivity contribution in [3.05, 3.63) is 99.4 Å².